The van der Waals surface area contributed by atoms with Crippen LogP contribution in [0, 0.1) is 0 Å². The van der Waals surface area contributed by atoms with Crippen molar-refractivity contribution in [1.82, 2.24) is 19.2 Å². The summed E-state index contributed by atoms with van der Waals surface area (Å²) in [5.74, 6) is 0.624. The number of H-pyrrole nitrogens is 1. The van der Waals surface area contributed by atoms with Crippen molar-refractivity contribution in [3.05, 3.63) is 59.9 Å². The minimum Gasteiger partial charge on any atom is -0.340 e. The number of amides is 1. The molecule has 1 unspecified atom stereocenters. The molecular weight excluding hydrogens is 400 g/mol. The number of hydrogen-bond acceptors (Lipinski definition) is 4. The molecule has 0 bridgehead atoms. The topological polar surface area (TPSA) is 86.4 Å². The number of aromatic nitrogens is 2. The van der Waals surface area contributed by atoms with Gasteiger partial charge < -0.3 is 9.88 Å². The summed E-state index contributed by atoms with van der Waals surface area (Å²) >= 11 is 0. The molecule has 156 valence electrons. The van der Waals surface area contributed by atoms with E-state index in [4.69, 9.17) is 0 Å². The molecule has 5 rings (SSSR count). The predicted octanol–water partition coefficient (Wildman–Crippen LogP) is 3.32. The summed E-state index contributed by atoms with van der Waals surface area (Å²) in [6, 6.07) is 14.1. The van der Waals surface area contributed by atoms with Crippen LogP contribution >= 0.6 is 0 Å². The number of para-hydroxylation sites is 2. The van der Waals surface area contributed by atoms with Gasteiger partial charge in [-0.3, -0.25) is 4.79 Å². The second-order valence-corrected chi connectivity index (χ2v) is 9.87. The van der Waals surface area contributed by atoms with E-state index in [-0.39, 0.29) is 16.8 Å². The Kier molecular flexibility index (Phi) is 4.83. The van der Waals surface area contributed by atoms with Gasteiger partial charge in [-0.2, -0.15) is 4.31 Å². The van der Waals surface area contributed by atoms with Crippen molar-refractivity contribution in [2.45, 2.75) is 36.6 Å². The summed E-state index contributed by atoms with van der Waals surface area (Å²) in [6.07, 6.45) is 3.48. The minimum atomic E-state index is -3.56. The number of carbonyl (C=O) groups excluding carboxylic acids is 1. The highest BCUT2D eigenvalue weighted by atomic mass is 32.2. The number of nitrogens with one attached hydrogen (secondary N) is 1. The second kappa shape index (κ2) is 7.52. The first kappa shape index (κ1) is 19.3. The zero-order valence-electron chi connectivity index (χ0n) is 16.6. The van der Waals surface area contributed by atoms with E-state index in [1.165, 1.54) is 10.4 Å². The molecule has 1 amide bonds. The molecule has 1 N–H and O–H groups in total. The van der Waals surface area contributed by atoms with Gasteiger partial charge in [0.25, 0.3) is 5.91 Å². The molecule has 0 spiro atoms. The maximum Gasteiger partial charge on any atom is 0.254 e. The smallest absolute Gasteiger partial charge is 0.254 e. The van der Waals surface area contributed by atoms with Gasteiger partial charge in [-0.25, -0.2) is 13.4 Å². The third-order valence-electron chi connectivity index (χ3n) is 6.02. The van der Waals surface area contributed by atoms with Crippen LogP contribution in [0.2, 0.25) is 0 Å². The highest BCUT2D eigenvalue weighted by molar-refractivity contribution is 7.89. The Bertz CT molecular complexity index is 1160. The van der Waals surface area contributed by atoms with Crippen LogP contribution in [0.5, 0.6) is 0 Å². The maximum atomic E-state index is 13.3. The third-order valence-corrected chi connectivity index (χ3v) is 7.92. The standard InChI is InChI=1S/C22H24N4O3S/c27-22(16-7-5-8-17(15-16)30(28,29)25-12-3-4-13-25)26-14-6-11-20(26)21-23-18-9-1-2-10-19(18)24-21/h1-2,5,7-10,15,20H,3-4,6,11-14H2,(H,23,24). The molecule has 2 aliphatic rings. The Labute approximate surface area is 175 Å². The summed E-state index contributed by atoms with van der Waals surface area (Å²) in [5, 5.41) is 0. The van der Waals surface area contributed by atoms with Crippen LogP contribution in [0.1, 0.15) is 47.9 Å². The molecule has 7 nitrogen and oxygen atoms in total. The van der Waals surface area contributed by atoms with Crippen molar-refractivity contribution >= 4 is 27.0 Å². The SMILES string of the molecule is O=C(c1cccc(S(=O)(=O)N2CCCC2)c1)N1CCCC1c1nc2ccccc2[nH]1. The van der Waals surface area contributed by atoms with Gasteiger partial charge in [0.15, 0.2) is 0 Å². The van der Waals surface area contributed by atoms with E-state index in [0.29, 0.717) is 25.2 Å². The highest BCUT2D eigenvalue weighted by Crippen LogP contribution is 2.33. The van der Waals surface area contributed by atoms with E-state index in [1.54, 1.807) is 23.1 Å². The molecular formula is C22H24N4O3S. The lowest BCUT2D eigenvalue weighted by atomic mass is 10.1. The summed E-state index contributed by atoms with van der Waals surface area (Å²) in [4.78, 5) is 23.3. The van der Waals surface area contributed by atoms with Gasteiger partial charge >= 0.3 is 0 Å². The Morgan fingerprint density at radius 3 is 2.60 bits per heavy atom. The molecule has 2 aromatic carbocycles. The first-order valence-electron chi connectivity index (χ1n) is 10.4. The van der Waals surface area contributed by atoms with Crippen LogP contribution < -0.4 is 0 Å². The molecule has 0 aliphatic carbocycles. The van der Waals surface area contributed by atoms with Crippen molar-refractivity contribution in [3.8, 4) is 0 Å². The zero-order chi connectivity index (χ0) is 20.7. The van der Waals surface area contributed by atoms with Crippen LogP contribution in [0.4, 0.5) is 0 Å². The molecule has 0 saturated carbocycles. The van der Waals surface area contributed by atoms with Crippen molar-refractivity contribution in [3.63, 3.8) is 0 Å². The van der Waals surface area contributed by atoms with Gasteiger partial charge in [0.2, 0.25) is 10.0 Å². The van der Waals surface area contributed by atoms with Crippen LogP contribution in [-0.2, 0) is 10.0 Å². The van der Waals surface area contributed by atoms with Crippen LogP contribution in [0.25, 0.3) is 11.0 Å². The lowest BCUT2D eigenvalue weighted by Crippen LogP contribution is -2.32. The zero-order valence-corrected chi connectivity index (χ0v) is 17.4. The van der Waals surface area contributed by atoms with Gasteiger partial charge in [-0.05, 0) is 56.0 Å². The Balaban J connectivity index is 1.44. The van der Waals surface area contributed by atoms with E-state index in [0.717, 1.165) is 42.5 Å². The molecule has 30 heavy (non-hydrogen) atoms. The van der Waals surface area contributed by atoms with E-state index in [1.807, 2.05) is 24.3 Å². The average molecular weight is 425 g/mol. The molecule has 3 aromatic rings. The van der Waals surface area contributed by atoms with E-state index in [9.17, 15) is 13.2 Å². The van der Waals surface area contributed by atoms with Gasteiger partial charge in [-0.1, -0.05) is 18.2 Å². The van der Waals surface area contributed by atoms with E-state index >= 15 is 0 Å². The molecule has 1 aromatic heterocycles. The second-order valence-electron chi connectivity index (χ2n) is 7.93. The number of sulfonamides is 1. The van der Waals surface area contributed by atoms with Gasteiger partial charge in [0, 0.05) is 25.2 Å². The quantitative estimate of drug-likeness (QED) is 0.696. The molecule has 1 atom stereocenters. The number of likely N-dealkylation sites (tertiary alicyclic amines) is 1. The first-order chi connectivity index (χ1) is 14.5. The number of fused-ring (bicyclic) bond motifs is 1. The molecule has 2 saturated heterocycles. The van der Waals surface area contributed by atoms with Crippen molar-refractivity contribution in [1.29, 1.82) is 0 Å². The number of carbonyl (C=O) groups is 1. The number of hydrogen-bond donors (Lipinski definition) is 1. The largest absolute Gasteiger partial charge is 0.340 e. The molecule has 0 radical (unpaired) electrons. The number of nitrogens with zero attached hydrogens (tertiary/aromatic N) is 3. The normalized spacial score (nSPS) is 20.3. The van der Waals surface area contributed by atoms with Crippen LogP contribution in [0.15, 0.2) is 53.4 Å². The molecule has 2 aliphatic heterocycles. The Morgan fingerprint density at radius 2 is 1.80 bits per heavy atom. The predicted molar refractivity (Wildman–Crippen MR) is 114 cm³/mol. The fourth-order valence-corrected chi connectivity index (χ4v) is 6.02. The van der Waals surface area contributed by atoms with Crippen molar-refractivity contribution < 1.29 is 13.2 Å². The molecule has 2 fully saturated rings. The van der Waals surface area contributed by atoms with Gasteiger partial charge in [0.1, 0.15) is 5.82 Å². The maximum absolute atomic E-state index is 13.3. The van der Waals surface area contributed by atoms with Crippen molar-refractivity contribution in [2.24, 2.45) is 0 Å². The van der Waals surface area contributed by atoms with Crippen molar-refractivity contribution in [2.75, 3.05) is 19.6 Å². The minimum absolute atomic E-state index is 0.135. The number of benzene rings is 2. The lowest BCUT2D eigenvalue weighted by molar-refractivity contribution is 0.0730. The van der Waals surface area contributed by atoms with Crippen LogP contribution in [-0.4, -0.2) is 53.1 Å². The highest BCUT2D eigenvalue weighted by Gasteiger charge is 2.34. The fraction of sp³-hybridized carbons (Fsp3) is 0.364. The monoisotopic (exact) mass is 424 g/mol. The Hall–Kier alpha value is -2.71. The summed E-state index contributed by atoms with van der Waals surface area (Å²) in [6.45, 7) is 1.71. The van der Waals surface area contributed by atoms with Gasteiger partial charge in [0.05, 0.1) is 22.0 Å². The number of rotatable bonds is 4. The molecule has 8 heteroatoms. The van der Waals surface area contributed by atoms with Crippen LogP contribution in [0.3, 0.4) is 0 Å². The lowest BCUT2D eigenvalue weighted by Gasteiger charge is -2.23. The molecule has 3 heterocycles. The summed E-state index contributed by atoms with van der Waals surface area (Å²) in [5.41, 5.74) is 2.23. The first-order valence-corrected chi connectivity index (χ1v) is 11.8. The van der Waals surface area contributed by atoms with E-state index in [2.05, 4.69) is 9.97 Å². The van der Waals surface area contributed by atoms with E-state index < -0.39 is 10.0 Å². The summed E-state index contributed by atoms with van der Waals surface area (Å²) in [7, 11) is -3.56. The fourth-order valence-electron chi connectivity index (χ4n) is 4.46. The Morgan fingerprint density at radius 1 is 1.00 bits per heavy atom. The third kappa shape index (κ3) is 3.30. The number of aromatic amines is 1. The number of imidazole rings is 1. The summed E-state index contributed by atoms with van der Waals surface area (Å²) < 4.78 is 27.3. The van der Waals surface area contributed by atoms with Gasteiger partial charge in [-0.15, -0.1) is 0 Å². The average Bonchev–Trinajstić information content (AvgIpc) is 3.53.